The van der Waals surface area contributed by atoms with Gasteiger partial charge < -0.3 is 9.47 Å². The van der Waals surface area contributed by atoms with E-state index in [1.54, 1.807) is 32.0 Å². The molecule has 2 heterocycles. The van der Waals surface area contributed by atoms with Gasteiger partial charge in [-0.1, -0.05) is 73.1 Å². The lowest BCUT2D eigenvalue weighted by molar-refractivity contribution is -0.120. The van der Waals surface area contributed by atoms with Crippen LogP contribution in [-0.4, -0.2) is 42.1 Å². The zero-order valence-corrected chi connectivity index (χ0v) is 22.1. The summed E-state index contributed by atoms with van der Waals surface area (Å²) in [6.45, 7) is 0. The van der Waals surface area contributed by atoms with Crippen molar-refractivity contribution in [1.29, 1.82) is 0 Å². The Morgan fingerprint density at radius 2 is 1.74 bits per heavy atom. The quantitative estimate of drug-likeness (QED) is 0.406. The van der Waals surface area contributed by atoms with Gasteiger partial charge in [0.1, 0.15) is 11.9 Å². The van der Waals surface area contributed by atoms with Gasteiger partial charge in [0.2, 0.25) is 0 Å². The number of methoxy groups -OCH3 is 2. The first kappa shape index (κ1) is 24.5. The molecule has 5 rings (SSSR count). The lowest BCUT2D eigenvalue weighted by Gasteiger charge is -2.33. The molecular formula is C26H27Cl2N3O3S. The number of hydrogen-bond donors (Lipinski definition) is 0. The number of amidine groups is 2. The van der Waals surface area contributed by atoms with Crippen LogP contribution in [-0.2, 0) is 10.5 Å². The van der Waals surface area contributed by atoms with Crippen LogP contribution in [0.3, 0.4) is 0 Å². The molecule has 0 unspecified atom stereocenters. The Kier molecular flexibility index (Phi) is 7.28. The van der Waals surface area contributed by atoms with Gasteiger partial charge in [-0.15, -0.1) is 0 Å². The predicted octanol–water partition coefficient (Wildman–Crippen LogP) is 6.87. The predicted molar refractivity (Wildman–Crippen MR) is 143 cm³/mol. The highest BCUT2D eigenvalue weighted by atomic mass is 35.5. The molecule has 0 spiro atoms. The number of fused-ring (bicyclic) bond motifs is 3. The van der Waals surface area contributed by atoms with Gasteiger partial charge in [0.05, 0.1) is 30.0 Å². The SMILES string of the molecule is COc1cc2c(cc1OC)C1=NC(=O)[C@@H](CC3CCCCC3)N1C(SCc1ccc(Cl)c(Cl)c1)=N2. The molecule has 184 valence electrons. The number of carbonyl (C=O) groups excluding carboxylic acids is 1. The molecule has 1 saturated carbocycles. The highest BCUT2D eigenvalue weighted by molar-refractivity contribution is 8.13. The maximum Gasteiger partial charge on any atom is 0.270 e. The highest BCUT2D eigenvalue weighted by Crippen LogP contribution is 2.42. The van der Waals surface area contributed by atoms with Crippen LogP contribution in [0.25, 0.3) is 0 Å². The summed E-state index contributed by atoms with van der Waals surface area (Å²) in [6, 6.07) is 8.98. The Morgan fingerprint density at radius 3 is 2.46 bits per heavy atom. The molecule has 0 bridgehead atoms. The van der Waals surface area contributed by atoms with Gasteiger partial charge in [-0.05, 0) is 36.1 Å². The van der Waals surface area contributed by atoms with Crippen LogP contribution in [0.4, 0.5) is 5.69 Å². The first-order valence-corrected chi connectivity index (χ1v) is 13.6. The number of rotatable bonds is 6. The molecule has 2 aliphatic heterocycles. The van der Waals surface area contributed by atoms with Gasteiger partial charge in [0, 0.05) is 17.4 Å². The van der Waals surface area contributed by atoms with E-state index in [9.17, 15) is 4.79 Å². The van der Waals surface area contributed by atoms with E-state index in [-0.39, 0.29) is 11.9 Å². The summed E-state index contributed by atoms with van der Waals surface area (Å²) in [5, 5.41) is 1.80. The van der Waals surface area contributed by atoms with Crippen molar-refractivity contribution in [3.05, 3.63) is 51.5 Å². The molecule has 9 heteroatoms. The number of amides is 1. The minimum Gasteiger partial charge on any atom is -0.493 e. The largest absolute Gasteiger partial charge is 0.493 e. The Hall–Kier alpha value is -2.22. The normalized spacial score (nSPS) is 19.7. The molecule has 0 radical (unpaired) electrons. The van der Waals surface area contributed by atoms with E-state index in [4.69, 9.17) is 37.7 Å². The molecule has 1 aliphatic carbocycles. The van der Waals surface area contributed by atoms with Crippen LogP contribution < -0.4 is 9.47 Å². The fourth-order valence-electron chi connectivity index (χ4n) is 5.03. The van der Waals surface area contributed by atoms with Crippen molar-refractivity contribution in [3.63, 3.8) is 0 Å². The standard InChI is InChI=1S/C26H27Cl2N3O3S/c1-33-22-12-17-20(13-23(22)34-2)29-26(35-14-16-8-9-18(27)19(28)10-16)31-21(25(32)30-24(17)31)11-15-6-4-3-5-7-15/h8-10,12-13,15,21H,3-7,11,14H2,1-2H3/t21-/m1/s1. The van der Waals surface area contributed by atoms with Crippen molar-refractivity contribution in [3.8, 4) is 11.5 Å². The zero-order valence-electron chi connectivity index (χ0n) is 19.7. The van der Waals surface area contributed by atoms with E-state index in [1.807, 2.05) is 29.2 Å². The topological polar surface area (TPSA) is 63.5 Å². The Labute approximate surface area is 219 Å². The van der Waals surface area contributed by atoms with Crippen molar-refractivity contribution in [2.75, 3.05) is 14.2 Å². The Morgan fingerprint density at radius 1 is 1.00 bits per heavy atom. The van der Waals surface area contributed by atoms with Crippen molar-refractivity contribution < 1.29 is 14.3 Å². The lowest BCUT2D eigenvalue weighted by atomic mass is 9.84. The fourth-order valence-corrected chi connectivity index (χ4v) is 6.34. The van der Waals surface area contributed by atoms with Gasteiger partial charge >= 0.3 is 0 Å². The third kappa shape index (κ3) is 4.91. The van der Waals surface area contributed by atoms with Crippen molar-refractivity contribution in [2.45, 2.75) is 50.3 Å². The molecule has 0 aromatic heterocycles. The summed E-state index contributed by atoms with van der Waals surface area (Å²) in [5.74, 6) is 2.86. The number of benzene rings is 2. The van der Waals surface area contributed by atoms with E-state index in [0.717, 1.165) is 35.6 Å². The molecule has 1 fully saturated rings. The molecule has 3 aliphatic rings. The van der Waals surface area contributed by atoms with Gasteiger partial charge in [0.25, 0.3) is 5.91 Å². The molecule has 35 heavy (non-hydrogen) atoms. The lowest BCUT2D eigenvalue weighted by Crippen LogP contribution is -2.44. The highest BCUT2D eigenvalue weighted by Gasteiger charge is 2.43. The average Bonchev–Trinajstić information content (AvgIpc) is 3.20. The summed E-state index contributed by atoms with van der Waals surface area (Å²) >= 11 is 13.9. The van der Waals surface area contributed by atoms with Crippen molar-refractivity contribution >= 4 is 57.6 Å². The third-order valence-electron chi connectivity index (χ3n) is 6.84. The molecule has 2 aromatic rings. The number of carbonyl (C=O) groups is 1. The van der Waals surface area contributed by atoms with Crippen LogP contribution in [0.15, 0.2) is 40.3 Å². The zero-order chi connectivity index (χ0) is 24.5. The van der Waals surface area contributed by atoms with Crippen molar-refractivity contribution in [2.24, 2.45) is 15.9 Å². The summed E-state index contributed by atoms with van der Waals surface area (Å²) in [6.07, 6.45) is 6.86. The average molecular weight is 532 g/mol. The second-order valence-electron chi connectivity index (χ2n) is 9.06. The van der Waals surface area contributed by atoms with Gasteiger partial charge in [0.15, 0.2) is 16.7 Å². The second kappa shape index (κ2) is 10.4. The van der Waals surface area contributed by atoms with Gasteiger partial charge in [-0.25, -0.2) is 4.99 Å². The van der Waals surface area contributed by atoms with Crippen molar-refractivity contribution in [1.82, 2.24) is 4.90 Å². The molecule has 2 aromatic carbocycles. The minimum absolute atomic E-state index is 0.101. The number of nitrogens with zero attached hydrogens (tertiary/aromatic N) is 3. The van der Waals surface area contributed by atoms with Crippen LogP contribution in [0.1, 0.15) is 49.7 Å². The van der Waals surface area contributed by atoms with Crippen LogP contribution >= 0.6 is 35.0 Å². The Bertz CT molecular complexity index is 1210. The maximum absolute atomic E-state index is 13.2. The summed E-state index contributed by atoms with van der Waals surface area (Å²) < 4.78 is 11.0. The molecule has 1 amide bonds. The Balaban J connectivity index is 1.51. The summed E-state index contributed by atoms with van der Waals surface area (Å²) in [5.41, 5.74) is 2.51. The van der Waals surface area contributed by atoms with Gasteiger partial charge in [-0.2, -0.15) is 4.99 Å². The van der Waals surface area contributed by atoms with Crippen LogP contribution in [0.5, 0.6) is 11.5 Å². The number of aliphatic imine (C=N–C) groups is 2. The monoisotopic (exact) mass is 531 g/mol. The van der Waals surface area contributed by atoms with E-state index < -0.39 is 0 Å². The first-order chi connectivity index (χ1) is 17.0. The van der Waals surface area contributed by atoms with Crippen LogP contribution in [0, 0.1) is 5.92 Å². The maximum atomic E-state index is 13.2. The van der Waals surface area contributed by atoms with E-state index in [1.165, 1.54) is 19.3 Å². The fraction of sp³-hybridized carbons (Fsp3) is 0.423. The van der Waals surface area contributed by atoms with E-state index in [0.29, 0.717) is 44.7 Å². The third-order valence-corrected chi connectivity index (χ3v) is 8.60. The summed E-state index contributed by atoms with van der Waals surface area (Å²) in [7, 11) is 3.19. The van der Waals surface area contributed by atoms with Gasteiger partial charge in [-0.3, -0.25) is 9.69 Å². The molecule has 0 N–H and O–H groups in total. The second-order valence-corrected chi connectivity index (χ2v) is 10.8. The van der Waals surface area contributed by atoms with E-state index in [2.05, 4.69) is 4.99 Å². The number of hydrogen-bond acceptors (Lipinski definition) is 6. The summed E-state index contributed by atoms with van der Waals surface area (Å²) in [4.78, 5) is 24.8. The molecule has 6 nitrogen and oxygen atoms in total. The first-order valence-electron chi connectivity index (χ1n) is 11.8. The number of halogens is 2. The number of thioether (sulfide) groups is 1. The molecule has 0 saturated heterocycles. The van der Waals surface area contributed by atoms with E-state index >= 15 is 0 Å². The molecule has 1 atom stereocenters. The minimum atomic E-state index is -0.339. The smallest absolute Gasteiger partial charge is 0.270 e. The van der Waals surface area contributed by atoms with Crippen LogP contribution in [0.2, 0.25) is 10.0 Å². The number of ether oxygens (including phenoxy) is 2. The molecular weight excluding hydrogens is 505 g/mol.